The van der Waals surface area contributed by atoms with Crippen molar-refractivity contribution in [2.45, 2.75) is 44.4 Å². The van der Waals surface area contributed by atoms with Crippen molar-refractivity contribution >= 4 is 23.6 Å². The third kappa shape index (κ3) is 4.98. The van der Waals surface area contributed by atoms with E-state index in [1.165, 1.54) is 29.5 Å². The molecule has 1 aliphatic heterocycles. The summed E-state index contributed by atoms with van der Waals surface area (Å²) in [6.07, 6.45) is 9.73. The Balaban J connectivity index is 1.73. The lowest BCUT2D eigenvalue weighted by molar-refractivity contribution is -0.132. The van der Waals surface area contributed by atoms with Gasteiger partial charge in [0.15, 0.2) is 0 Å². The predicted molar refractivity (Wildman–Crippen MR) is 110 cm³/mol. The molecule has 1 aromatic carbocycles. The zero-order chi connectivity index (χ0) is 19.2. The lowest BCUT2D eigenvalue weighted by atomic mass is 9.85. The maximum absolute atomic E-state index is 12.3. The smallest absolute Gasteiger partial charge is 0.236 e. The molecule has 0 aromatic heterocycles. The van der Waals surface area contributed by atoms with Gasteiger partial charge in [-0.1, -0.05) is 12.1 Å². The zero-order valence-corrected chi connectivity index (χ0v) is 16.5. The maximum atomic E-state index is 12.3. The van der Waals surface area contributed by atoms with Crippen molar-refractivity contribution < 1.29 is 9.59 Å². The van der Waals surface area contributed by atoms with Crippen molar-refractivity contribution in [3.8, 4) is 0 Å². The van der Waals surface area contributed by atoms with Gasteiger partial charge >= 0.3 is 0 Å². The number of piperidine rings is 1. The number of likely N-dealkylation sites (tertiary alicyclic amines) is 1. The van der Waals surface area contributed by atoms with Crippen molar-refractivity contribution in [3.63, 3.8) is 0 Å². The Morgan fingerprint density at radius 3 is 2.67 bits per heavy atom. The van der Waals surface area contributed by atoms with Gasteiger partial charge < -0.3 is 15.1 Å². The molecule has 3 rings (SSSR count). The fraction of sp³-hybridized carbons (Fsp3) is 0.545. The summed E-state index contributed by atoms with van der Waals surface area (Å²) < 4.78 is 0. The van der Waals surface area contributed by atoms with E-state index in [1.807, 2.05) is 30.0 Å². The Morgan fingerprint density at radius 2 is 2.04 bits per heavy atom. The summed E-state index contributed by atoms with van der Waals surface area (Å²) in [5.74, 6) is 0.693. The number of nitrogens with zero attached hydrogens (tertiary/aromatic N) is 2. The molecule has 1 fully saturated rings. The highest BCUT2D eigenvalue weighted by atomic mass is 16.2. The number of amides is 2. The molecule has 1 aliphatic carbocycles. The fourth-order valence-electron chi connectivity index (χ4n) is 4.19. The Morgan fingerprint density at radius 1 is 1.26 bits per heavy atom. The van der Waals surface area contributed by atoms with Crippen LogP contribution < -0.4 is 5.32 Å². The standard InChI is InChI=1S/C22H31N3O2/c1-24(2)15-22(27)25-12-10-17(11-13-25)19-8-9-21(23-16-26)20(14-19)18-6-4-3-5-7-18/h6,8-9,14,16-17H,3-5,7,10-13,15H2,1-2H3,(H,23,26). The number of anilines is 1. The molecule has 1 heterocycles. The van der Waals surface area contributed by atoms with Crippen LogP contribution in [0.3, 0.4) is 0 Å². The number of allylic oxidation sites excluding steroid dienone is 2. The van der Waals surface area contributed by atoms with Crippen LogP contribution in [0.1, 0.15) is 55.6 Å². The van der Waals surface area contributed by atoms with E-state index in [2.05, 4.69) is 23.5 Å². The minimum atomic E-state index is 0.219. The van der Waals surface area contributed by atoms with Gasteiger partial charge in [-0.05, 0) is 81.8 Å². The molecule has 2 amide bonds. The van der Waals surface area contributed by atoms with E-state index in [0.717, 1.165) is 50.9 Å². The SMILES string of the molecule is CN(C)CC(=O)N1CCC(c2ccc(NC=O)c(C3=CCCCC3)c2)CC1. The van der Waals surface area contributed by atoms with Crippen molar-refractivity contribution in [1.82, 2.24) is 9.80 Å². The molecule has 0 spiro atoms. The predicted octanol–water partition coefficient (Wildman–Crippen LogP) is 3.48. The average molecular weight is 370 g/mol. The molecule has 0 saturated carbocycles. The molecule has 1 aromatic rings. The van der Waals surface area contributed by atoms with E-state index in [4.69, 9.17) is 0 Å². The van der Waals surface area contributed by atoms with Crippen molar-refractivity contribution in [3.05, 3.63) is 35.4 Å². The van der Waals surface area contributed by atoms with Gasteiger partial charge in [-0.25, -0.2) is 0 Å². The van der Waals surface area contributed by atoms with Crippen LogP contribution in [-0.4, -0.2) is 55.8 Å². The van der Waals surface area contributed by atoms with Gasteiger partial charge in [0.25, 0.3) is 0 Å². The highest BCUT2D eigenvalue weighted by Gasteiger charge is 2.24. The van der Waals surface area contributed by atoms with E-state index in [1.54, 1.807) is 0 Å². The van der Waals surface area contributed by atoms with E-state index >= 15 is 0 Å². The number of carbonyl (C=O) groups is 2. The van der Waals surface area contributed by atoms with Gasteiger partial charge in [-0.15, -0.1) is 0 Å². The second kappa shape index (κ2) is 9.18. The number of benzene rings is 1. The summed E-state index contributed by atoms with van der Waals surface area (Å²) in [5.41, 5.74) is 4.75. The van der Waals surface area contributed by atoms with Crippen LogP contribution in [0.5, 0.6) is 0 Å². The Labute approximate surface area is 162 Å². The van der Waals surface area contributed by atoms with Gasteiger partial charge in [0.1, 0.15) is 0 Å². The number of likely N-dealkylation sites (N-methyl/N-ethyl adjacent to an activating group) is 1. The summed E-state index contributed by atoms with van der Waals surface area (Å²) in [6.45, 7) is 2.13. The molecule has 0 bridgehead atoms. The highest BCUT2D eigenvalue weighted by Crippen LogP contribution is 2.36. The van der Waals surface area contributed by atoms with Crippen LogP contribution in [0.4, 0.5) is 5.69 Å². The summed E-state index contributed by atoms with van der Waals surface area (Å²) in [6, 6.07) is 6.45. The first-order valence-electron chi connectivity index (χ1n) is 10.0. The molecular weight excluding hydrogens is 338 g/mol. The zero-order valence-electron chi connectivity index (χ0n) is 16.5. The molecule has 5 heteroatoms. The second-order valence-electron chi connectivity index (χ2n) is 7.94. The van der Waals surface area contributed by atoms with Gasteiger partial charge in [0.05, 0.1) is 6.54 Å². The molecule has 27 heavy (non-hydrogen) atoms. The third-order valence-corrected chi connectivity index (χ3v) is 5.67. The van der Waals surface area contributed by atoms with Crippen LogP contribution in [0.2, 0.25) is 0 Å². The van der Waals surface area contributed by atoms with Gasteiger partial charge in [0.2, 0.25) is 12.3 Å². The molecule has 5 nitrogen and oxygen atoms in total. The van der Waals surface area contributed by atoms with E-state index in [-0.39, 0.29) is 5.91 Å². The first-order valence-corrected chi connectivity index (χ1v) is 10.0. The molecule has 146 valence electrons. The van der Waals surface area contributed by atoms with E-state index in [0.29, 0.717) is 12.5 Å². The Bertz CT molecular complexity index is 704. The monoisotopic (exact) mass is 369 g/mol. The van der Waals surface area contributed by atoms with E-state index in [9.17, 15) is 9.59 Å². The quantitative estimate of drug-likeness (QED) is 0.781. The summed E-state index contributed by atoms with van der Waals surface area (Å²) >= 11 is 0. The van der Waals surface area contributed by atoms with Gasteiger partial charge in [-0.2, -0.15) is 0 Å². The molecule has 0 unspecified atom stereocenters. The normalized spacial score (nSPS) is 18.3. The number of nitrogens with one attached hydrogen (secondary N) is 1. The lowest BCUT2D eigenvalue weighted by Crippen LogP contribution is -2.42. The second-order valence-corrected chi connectivity index (χ2v) is 7.94. The lowest BCUT2D eigenvalue weighted by Gasteiger charge is -2.33. The van der Waals surface area contributed by atoms with Crippen LogP contribution in [0.25, 0.3) is 5.57 Å². The van der Waals surface area contributed by atoms with Crippen molar-refractivity contribution in [2.75, 3.05) is 39.0 Å². The third-order valence-electron chi connectivity index (χ3n) is 5.67. The summed E-state index contributed by atoms with van der Waals surface area (Å²) in [5, 5.41) is 2.86. The minimum absolute atomic E-state index is 0.219. The molecule has 2 aliphatic rings. The highest BCUT2D eigenvalue weighted by molar-refractivity contribution is 5.83. The molecule has 1 N–H and O–H groups in total. The van der Waals surface area contributed by atoms with Crippen molar-refractivity contribution in [1.29, 1.82) is 0 Å². The Kier molecular flexibility index (Phi) is 6.67. The first-order chi connectivity index (χ1) is 13.1. The van der Waals surface area contributed by atoms with Gasteiger partial charge in [0, 0.05) is 24.3 Å². The minimum Gasteiger partial charge on any atom is -0.342 e. The Hall–Kier alpha value is -2.14. The average Bonchev–Trinajstić information content (AvgIpc) is 2.69. The number of hydrogen-bond acceptors (Lipinski definition) is 3. The van der Waals surface area contributed by atoms with Crippen LogP contribution >= 0.6 is 0 Å². The molecule has 0 radical (unpaired) electrons. The molecule has 0 atom stereocenters. The number of carbonyl (C=O) groups excluding carboxylic acids is 2. The molecule has 1 saturated heterocycles. The number of hydrogen-bond donors (Lipinski definition) is 1. The summed E-state index contributed by atoms with van der Waals surface area (Å²) in [4.78, 5) is 27.2. The maximum Gasteiger partial charge on any atom is 0.236 e. The van der Waals surface area contributed by atoms with E-state index < -0.39 is 0 Å². The van der Waals surface area contributed by atoms with Crippen LogP contribution in [0, 0.1) is 0 Å². The number of rotatable bonds is 6. The van der Waals surface area contributed by atoms with Crippen molar-refractivity contribution in [2.24, 2.45) is 0 Å². The fourth-order valence-corrected chi connectivity index (χ4v) is 4.19. The summed E-state index contributed by atoms with van der Waals surface area (Å²) in [7, 11) is 3.86. The largest absolute Gasteiger partial charge is 0.342 e. The van der Waals surface area contributed by atoms with Gasteiger partial charge in [-0.3, -0.25) is 9.59 Å². The first kappa shape index (κ1) is 19.6. The van der Waals surface area contributed by atoms with Crippen LogP contribution in [0.15, 0.2) is 24.3 Å². The molecular formula is C22H31N3O2. The van der Waals surface area contributed by atoms with Crippen LogP contribution in [-0.2, 0) is 9.59 Å². The topological polar surface area (TPSA) is 52.7 Å².